The van der Waals surface area contributed by atoms with Gasteiger partial charge in [-0.25, -0.2) is 0 Å². The normalized spacial score (nSPS) is 9.64. The van der Waals surface area contributed by atoms with Crippen molar-refractivity contribution in [3.63, 3.8) is 0 Å². The molecule has 0 aromatic heterocycles. The molecule has 1 rings (SSSR count). The van der Waals surface area contributed by atoms with Crippen LogP contribution in [0.2, 0.25) is 0 Å². The molecule has 0 saturated heterocycles. The number of anilines is 1. The summed E-state index contributed by atoms with van der Waals surface area (Å²) < 4.78 is 10.5. The van der Waals surface area contributed by atoms with Crippen molar-refractivity contribution in [3.8, 4) is 11.5 Å². The molecule has 0 radical (unpaired) electrons. The summed E-state index contributed by atoms with van der Waals surface area (Å²) in [4.78, 5) is 0. The van der Waals surface area contributed by atoms with Gasteiger partial charge in [0, 0.05) is 6.54 Å². The lowest BCUT2D eigenvalue weighted by Gasteiger charge is -2.13. The third-order valence-corrected chi connectivity index (χ3v) is 1.98. The van der Waals surface area contributed by atoms with Crippen LogP contribution in [0.15, 0.2) is 18.2 Å². The second kappa shape index (κ2) is 5.37. The van der Waals surface area contributed by atoms with Gasteiger partial charge in [-0.15, -0.1) is 0 Å². The Morgan fingerprint density at radius 1 is 1.14 bits per heavy atom. The monoisotopic (exact) mass is 195 g/mol. The molecule has 0 aliphatic rings. The van der Waals surface area contributed by atoms with Crippen LogP contribution in [0.4, 0.5) is 5.69 Å². The summed E-state index contributed by atoms with van der Waals surface area (Å²) in [6, 6.07) is 5.75. The van der Waals surface area contributed by atoms with Crippen LogP contribution in [0.3, 0.4) is 0 Å². The number of rotatable bonds is 5. The number of ether oxygens (including phenoxy) is 2. The van der Waals surface area contributed by atoms with Gasteiger partial charge in [-0.2, -0.15) is 0 Å². The van der Waals surface area contributed by atoms with Crippen molar-refractivity contribution < 1.29 is 9.47 Å². The fraction of sp³-hybridized carbons (Fsp3) is 0.455. The minimum Gasteiger partial charge on any atom is -0.494 e. The van der Waals surface area contributed by atoms with Crippen molar-refractivity contribution in [1.29, 1.82) is 0 Å². The molecular weight excluding hydrogens is 178 g/mol. The van der Waals surface area contributed by atoms with Crippen LogP contribution in [-0.4, -0.2) is 20.8 Å². The first kappa shape index (κ1) is 10.7. The predicted octanol–water partition coefficient (Wildman–Crippen LogP) is 2.53. The van der Waals surface area contributed by atoms with Gasteiger partial charge in [-0.1, -0.05) is 13.0 Å². The Kier molecular flexibility index (Phi) is 4.11. The molecule has 78 valence electrons. The van der Waals surface area contributed by atoms with E-state index in [0.717, 1.165) is 30.2 Å². The minimum atomic E-state index is 0.817. The van der Waals surface area contributed by atoms with Crippen LogP contribution in [0.1, 0.15) is 13.3 Å². The van der Waals surface area contributed by atoms with Crippen LogP contribution < -0.4 is 14.8 Å². The van der Waals surface area contributed by atoms with Gasteiger partial charge in [0.05, 0.1) is 14.2 Å². The molecule has 0 aliphatic heterocycles. The van der Waals surface area contributed by atoms with Gasteiger partial charge in [-0.05, 0) is 18.6 Å². The first-order valence-electron chi connectivity index (χ1n) is 4.78. The van der Waals surface area contributed by atoms with E-state index >= 15 is 0 Å². The Balaban J connectivity index is 2.93. The molecule has 0 unspecified atom stereocenters. The van der Waals surface area contributed by atoms with Crippen LogP contribution in [0.5, 0.6) is 11.5 Å². The molecule has 0 fully saturated rings. The number of methoxy groups -OCH3 is 2. The first-order chi connectivity index (χ1) is 6.83. The van der Waals surface area contributed by atoms with Gasteiger partial charge < -0.3 is 14.8 Å². The molecule has 14 heavy (non-hydrogen) atoms. The van der Waals surface area contributed by atoms with Gasteiger partial charge >= 0.3 is 0 Å². The Hall–Kier alpha value is -1.38. The van der Waals surface area contributed by atoms with E-state index in [1.54, 1.807) is 14.2 Å². The lowest BCUT2D eigenvalue weighted by atomic mass is 10.2. The molecule has 0 heterocycles. The van der Waals surface area contributed by atoms with E-state index in [-0.39, 0.29) is 0 Å². The summed E-state index contributed by atoms with van der Waals surface area (Å²) in [5.41, 5.74) is 0.930. The van der Waals surface area contributed by atoms with E-state index in [0.29, 0.717) is 0 Å². The number of hydrogen-bond acceptors (Lipinski definition) is 3. The highest BCUT2D eigenvalue weighted by Gasteiger charge is 2.07. The molecule has 1 aromatic carbocycles. The zero-order valence-electron chi connectivity index (χ0n) is 8.96. The van der Waals surface area contributed by atoms with Crippen molar-refractivity contribution in [3.05, 3.63) is 18.2 Å². The van der Waals surface area contributed by atoms with Crippen molar-refractivity contribution >= 4 is 5.69 Å². The van der Waals surface area contributed by atoms with Crippen LogP contribution in [0.25, 0.3) is 0 Å². The minimum absolute atomic E-state index is 0.817. The fourth-order valence-corrected chi connectivity index (χ4v) is 1.28. The van der Waals surface area contributed by atoms with Gasteiger partial charge in [0.2, 0.25) is 0 Å². The van der Waals surface area contributed by atoms with Crippen LogP contribution in [0, 0.1) is 0 Å². The topological polar surface area (TPSA) is 30.5 Å². The number of benzene rings is 1. The van der Waals surface area contributed by atoms with E-state index in [9.17, 15) is 0 Å². The molecule has 0 saturated carbocycles. The zero-order chi connectivity index (χ0) is 10.4. The smallest absolute Gasteiger partial charge is 0.145 e. The predicted molar refractivity (Wildman–Crippen MR) is 58.3 cm³/mol. The maximum atomic E-state index is 5.24. The Labute approximate surface area is 85.0 Å². The van der Waals surface area contributed by atoms with Crippen molar-refractivity contribution in [2.75, 3.05) is 26.1 Å². The van der Waals surface area contributed by atoms with E-state index in [4.69, 9.17) is 9.47 Å². The molecule has 3 nitrogen and oxygen atoms in total. The summed E-state index contributed by atoms with van der Waals surface area (Å²) in [6.45, 7) is 3.03. The number of para-hydroxylation sites is 1. The Morgan fingerprint density at radius 2 is 1.71 bits per heavy atom. The van der Waals surface area contributed by atoms with E-state index in [1.807, 2.05) is 18.2 Å². The highest BCUT2D eigenvalue weighted by atomic mass is 16.5. The average Bonchev–Trinajstić information content (AvgIpc) is 2.25. The van der Waals surface area contributed by atoms with Crippen LogP contribution in [-0.2, 0) is 0 Å². The highest BCUT2D eigenvalue weighted by molar-refractivity contribution is 5.66. The highest BCUT2D eigenvalue weighted by Crippen LogP contribution is 2.33. The third kappa shape index (κ3) is 2.31. The molecule has 1 aromatic rings. The molecule has 3 heteroatoms. The quantitative estimate of drug-likeness (QED) is 0.783. The lowest BCUT2D eigenvalue weighted by molar-refractivity contribution is 0.397. The standard InChI is InChI=1S/C11H17NO2/c1-4-8-12-11-9(13-2)6-5-7-10(11)14-3/h5-7,12H,4,8H2,1-3H3. The maximum absolute atomic E-state index is 5.24. The molecule has 0 spiro atoms. The lowest BCUT2D eigenvalue weighted by Crippen LogP contribution is -2.03. The van der Waals surface area contributed by atoms with Gasteiger partial charge in [0.1, 0.15) is 17.2 Å². The van der Waals surface area contributed by atoms with Crippen molar-refractivity contribution in [1.82, 2.24) is 0 Å². The summed E-state index contributed by atoms with van der Waals surface area (Å²) in [6.07, 6.45) is 1.07. The second-order valence-electron chi connectivity index (χ2n) is 2.96. The Bertz CT molecular complexity index is 264. The SMILES string of the molecule is CCCNc1c(OC)cccc1OC. The van der Waals surface area contributed by atoms with Crippen molar-refractivity contribution in [2.24, 2.45) is 0 Å². The second-order valence-corrected chi connectivity index (χ2v) is 2.96. The van der Waals surface area contributed by atoms with E-state index in [1.165, 1.54) is 0 Å². The molecule has 0 bridgehead atoms. The Morgan fingerprint density at radius 3 is 2.14 bits per heavy atom. The van der Waals surface area contributed by atoms with Gasteiger partial charge in [-0.3, -0.25) is 0 Å². The maximum Gasteiger partial charge on any atom is 0.145 e. The van der Waals surface area contributed by atoms with Crippen LogP contribution >= 0.6 is 0 Å². The van der Waals surface area contributed by atoms with E-state index < -0.39 is 0 Å². The zero-order valence-corrected chi connectivity index (χ0v) is 8.96. The van der Waals surface area contributed by atoms with Gasteiger partial charge in [0.25, 0.3) is 0 Å². The fourth-order valence-electron chi connectivity index (χ4n) is 1.28. The van der Waals surface area contributed by atoms with Gasteiger partial charge in [0.15, 0.2) is 0 Å². The van der Waals surface area contributed by atoms with Crippen molar-refractivity contribution in [2.45, 2.75) is 13.3 Å². The van der Waals surface area contributed by atoms with E-state index in [2.05, 4.69) is 12.2 Å². The summed E-state index contributed by atoms with van der Waals surface area (Å²) in [5.74, 6) is 1.63. The number of hydrogen-bond donors (Lipinski definition) is 1. The molecule has 0 aliphatic carbocycles. The molecule has 1 N–H and O–H groups in total. The summed E-state index contributed by atoms with van der Waals surface area (Å²) >= 11 is 0. The summed E-state index contributed by atoms with van der Waals surface area (Å²) in [5, 5.41) is 3.28. The molecular formula is C11H17NO2. The molecule has 0 atom stereocenters. The first-order valence-corrected chi connectivity index (χ1v) is 4.78. The average molecular weight is 195 g/mol. The number of nitrogens with one attached hydrogen (secondary N) is 1. The third-order valence-electron chi connectivity index (χ3n) is 1.98. The summed E-state index contributed by atoms with van der Waals surface area (Å²) in [7, 11) is 3.32. The molecule has 0 amide bonds. The largest absolute Gasteiger partial charge is 0.494 e.